The Hall–Kier alpha value is -0.0800. The Morgan fingerprint density at radius 2 is 1.12 bits per heavy atom. The van der Waals surface area contributed by atoms with Crippen molar-refractivity contribution in [2.75, 3.05) is 13.2 Å². The van der Waals surface area contributed by atoms with Crippen molar-refractivity contribution in [3.05, 3.63) is 0 Å². The van der Waals surface area contributed by atoms with Crippen molar-refractivity contribution in [2.45, 2.75) is 85.0 Å². The summed E-state index contributed by atoms with van der Waals surface area (Å²) in [6, 6.07) is 0. The smallest absolute Gasteiger partial charge is 0.130 e. The molecule has 17 heavy (non-hydrogen) atoms. The standard InChI is InChI=1S/C15H32NO/c1-13(2,3)16(14(4,5)6,15(7,8)9)10-12-11-17-12/h12H,10-11H2,1-9H3/q+1. The first-order valence-electron chi connectivity index (χ1n) is 6.83. The number of quaternary nitrogens is 1. The minimum absolute atomic E-state index is 0.211. The first-order valence-corrected chi connectivity index (χ1v) is 6.83. The second-order valence-corrected chi connectivity index (χ2v) is 8.46. The Kier molecular flexibility index (Phi) is 3.49. The molecule has 1 atom stereocenters. The van der Waals surface area contributed by atoms with Gasteiger partial charge in [0.15, 0.2) is 0 Å². The summed E-state index contributed by atoms with van der Waals surface area (Å²) in [5.41, 5.74) is 0.632. The summed E-state index contributed by atoms with van der Waals surface area (Å²) < 4.78 is 6.61. The van der Waals surface area contributed by atoms with E-state index in [-0.39, 0.29) is 16.6 Å². The molecule has 0 spiro atoms. The van der Waals surface area contributed by atoms with Gasteiger partial charge in [0, 0.05) is 0 Å². The summed E-state index contributed by atoms with van der Waals surface area (Å²) in [7, 11) is 0. The molecule has 0 N–H and O–H groups in total. The average Bonchev–Trinajstić information content (AvgIpc) is 2.74. The third-order valence-electron chi connectivity index (χ3n) is 4.32. The third kappa shape index (κ3) is 2.53. The highest BCUT2D eigenvalue weighted by molar-refractivity contribution is 4.85. The van der Waals surface area contributed by atoms with Crippen molar-refractivity contribution < 1.29 is 9.22 Å². The van der Waals surface area contributed by atoms with E-state index in [9.17, 15) is 0 Å². The van der Waals surface area contributed by atoms with Crippen LogP contribution in [0.5, 0.6) is 0 Å². The molecule has 1 aliphatic rings. The van der Waals surface area contributed by atoms with Crippen molar-refractivity contribution in [1.29, 1.82) is 0 Å². The Bertz CT molecular complexity index is 235. The monoisotopic (exact) mass is 242 g/mol. The molecule has 1 heterocycles. The predicted octanol–water partition coefficient (Wildman–Crippen LogP) is 3.60. The van der Waals surface area contributed by atoms with E-state index in [4.69, 9.17) is 4.74 Å². The molecule has 0 radical (unpaired) electrons. The van der Waals surface area contributed by atoms with Crippen molar-refractivity contribution >= 4 is 0 Å². The highest BCUT2D eigenvalue weighted by Crippen LogP contribution is 2.45. The fourth-order valence-corrected chi connectivity index (χ4v) is 4.32. The lowest BCUT2D eigenvalue weighted by molar-refractivity contribution is -1.05. The van der Waals surface area contributed by atoms with Gasteiger partial charge in [0.2, 0.25) is 0 Å². The van der Waals surface area contributed by atoms with Crippen LogP contribution in [-0.4, -0.2) is 40.4 Å². The van der Waals surface area contributed by atoms with Crippen LogP contribution in [0.1, 0.15) is 62.3 Å². The summed E-state index contributed by atoms with van der Waals surface area (Å²) in [4.78, 5) is 0. The Morgan fingerprint density at radius 1 is 0.824 bits per heavy atom. The van der Waals surface area contributed by atoms with Crippen molar-refractivity contribution in [2.24, 2.45) is 0 Å². The van der Waals surface area contributed by atoms with Gasteiger partial charge in [0.25, 0.3) is 0 Å². The lowest BCUT2D eigenvalue weighted by Gasteiger charge is -2.64. The van der Waals surface area contributed by atoms with Crippen LogP contribution in [-0.2, 0) is 4.74 Å². The Labute approximate surface area is 108 Å². The van der Waals surface area contributed by atoms with Crippen LogP contribution in [0.15, 0.2) is 0 Å². The third-order valence-corrected chi connectivity index (χ3v) is 4.32. The fourth-order valence-electron chi connectivity index (χ4n) is 4.32. The van der Waals surface area contributed by atoms with E-state index in [1.54, 1.807) is 0 Å². The number of epoxide rings is 1. The predicted molar refractivity (Wildman–Crippen MR) is 74.1 cm³/mol. The van der Waals surface area contributed by atoms with E-state index >= 15 is 0 Å². The summed E-state index contributed by atoms with van der Waals surface area (Å²) >= 11 is 0. The van der Waals surface area contributed by atoms with Crippen LogP contribution in [0, 0.1) is 0 Å². The second-order valence-electron chi connectivity index (χ2n) is 8.46. The van der Waals surface area contributed by atoms with Crippen molar-refractivity contribution in [1.82, 2.24) is 0 Å². The molecule has 0 bridgehead atoms. The highest BCUT2D eigenvalue weighted by Gasteiger charge is 2.58. The van der Waals surface area contributed by atoms with Gasteiger partial charge in [0.05, 0.1) is 23.2 Å². The number of hydrogen-bond donors (Lipinski definition) is 0. The van der Waals surface area contributed by atoms with Crippen LogP contribution in [0.25, 0.3) is 0 Å². The zero-order chi connectivity index (χ0) is 13.7. The van der Waals surface area contributed by atoms with Crippen LogP contribution in [0.3, 0.4) is 0 Å². The van der Waals surface area contributed by atoms with Crippen LogP contribution < -0.4 is 0 Å². The molecule has 1 saturated heterocycles. The molecule has 2 heteroatoms. The summed E-state index contributed by atoms with van der Waals surface area (Å²) in [5.74, 6) is 0. The topological polar surface area (TPSA) is 12.5 Å². The molecule has 1 fully saturated rings. The molecule has 1 unspecified atom stereocenters. The maximum atomic E-state index is 5.53. The lowest BCUT2D eigenvalue weighted by Crippen LogP contribution is -2.77. The van der Waals surface area contributed by atoms with Crippen molar-refractivity contribution in [3.63, 3.8) is 0 Å². The van der Waals surface area contributed by atoms with Crippen LogP contribution in [0.4, 0.5) is 0 Å². The number of nitrogens with zero attached hydrogens (tertiary/aromatic N) is 1. The van der Waals surface area contributed by atoms with Gasteiger partial charge in [-0.3, -0.25) is 0 Å². The minimum Gasteiger partial charge on any atom is -0.367 e. The van der Waals surface area contributed by atoms with Gasteiger partial charge in [-0.1, -0.05) is 0 Å². The van der Waals surface area contributed by atoms with Gasteiger partial charge >= 0.3 is 0 Å². The highest BCUT2D eigenvalue weighted by atomic mass is 16.6. The molecule has 0 aromatic heterocycles. The first kappa shape index (κ1) is 15.0. The maximum Gasteiger partial charge on any atom is 0.130 e. The molecule has 1 rings (SSSR count). The SMILES string of the molecule is CC(C)(C)[N+](CC1CO1)(C(C)(C)C)C(C)(C)C. The molecule has 2 nitrogen and oxygen atoms in total. The summed E-state index contributed by atoms with van der Waals surface area (Å²) in [6.07, 6.45) is 0.465. The Morgan fingerprint density at radius 3 is 1.29 bits per heavy atom. The van der Waals surface area contributed by atoms with Gasteiger partial charge in [-0.15, -0.1) is 0 Å². The summed E-state index contributed by atoms with van der Waals surface area (Å²) in [6.45, 7) is 23.4. The molecular weight excluding hydrogens is 210 g/mol. The zero-order valence-electron chi connectivity index (χ0n) is 13.3. The van der Waals surface area contributed by atoms with E-state index in [1.165, 1.54) is 0 Å². The van der Waals surface area contributed by atoms with Gasteiger partial charge < -0.3 is 9.22 Å². The molecular formula is C15H32NO+. The van der Waals surface area contributed by atoms with Crippen LogP contribution >= 0.6 is 0 Å². The molecule has 0 aliphatic carbocycles. The van der Waals surface area contributed by atoms with Gasteiger partial charge in [-0.2, -0.15) is 0 Å². The summed E-state index contributed by atoms with van der Waals surface area (Å²) in [5, 5.41) is 0. The number of ether oxygens (including phenoxy) is 1. The molecule has 0 amide bonds. The van der Waals surface area contributed by atoms with Gasteiger partial charge in [-0.25, -0.2) is 0 Å². The van der Waals surface area contributed by atoms with Gasteiger partial charge in [-0.05, 0) is 62.3 Å². The molecule has 0 aromatic rings. The molecule has 0 saturated carbocycles. The normalized spacial score (nSPS) is 22.8. The Balaban J connectivity index is 3.29. The van der Waals surface area contributed by atoms with E-state index in [0.29, 0.717) is 6.10 Å². The maximum absolute atomic E-state index is 5.53. The van der Waals surface area contributed by atoms with Crippen molar-refractivity contribution in [3.8, 4) is 0 Å². The van der Waals surface area contributed by atoms with Crippen LogP contribution in [0.2, 0.25) is 0 Å². The lowest BCUT2D eigenvalue weighted by atomic mass is 9.81. The molecule has 102 valence electrons. The van der Waals surface area contributed by atoms with Gasteiger partial charge in [0.1, 0.15) is 12.6 Å². The van der Waals surface area contributed by atoms with E-state index in [0.717, 1.165) is 17.6 Å². The first-order chi connectivity index (χ1) is 7.33. The second kappa shape index (κ2) is 3.96. The average molecular weight is 242 g/mol. The van der Waals surface area contributed by atoms with E-state index in [2.05, 4.69) is 62.3 Å². The fraction of sp³-hybridized carbons (Fsp3) is 1.00. The molecule has 0 aromatic carbocycles. The largest absolute Gasteiger partial charge is 0.367 e. The zero-order valence-corrected chi connectivity index (χ0v) is 13.3. The van der Waals surface area contributed by atoms with E-state index in [1.807, 2.05) is 0 Å². The minimum atomic E-state index is 0.211. The number of hydrogen-bond acceptors (Lipinski definition) is 1. The quantitative estimate of drug-likeness (QED) is 0.532. The number of rotatable bonds is 2. The molecule has 1 aliphatic heterocycles. The van der Waals surface area contributed by atoms with E-state index < -0.39 is 0 Å².